The van der Waals surface area contributed by atoms with Crippen molar-refractivity contribution in [3.63, 3.8) is 0 Å². The quantitative estimate of drug-likeness (QED) is 0.414. The van der Waals surface area contributed by atoms with E-state index >= 15 is 0 Å². The molecule has 0 N–H and O–H groups in total. The zero-order chi connectivity index (χ0) is 21.3. The van der Waals surface area contributed by atoms with Crippen molar-refractivity contribution in [2.45, 2.75) is 20.3 Å². The molecular formula is C23H26ClN5OS. The van der Waals surface area contributed by atoms with Crippen molar-refractivity contribution >= 4 is 56.0 Å². The number of nitrogens with zero attached hydrogens (tertiary/aromatic N) is 5. The highest BCUT2D eigenvalue weighted by Crippen LogP contribution is 2.33. The first-order valence-electron chi connectivity index (χ1n) is 9.98. The second-order valence-electron chi connectivity index (χ2n) is 7.72. The van der Waals surface area contributed by atoms with Crippen LogP contribution in [0.4, 0.5) is 5.13 Å². The second kappa shape index (κ2) is 9.68. The summed E-state index contributed by atoms with van der Waals surface area (Å²) in [6, 6.07) is 9.68. The van der Waals surface area contributed by atoms with Crippen LogP contribution in [0.1, 0.15) is 27.9 Å². The van der Waals surface area contributed by atoms with Crippen LogP contribution in [0.2, 0.25) is 0 Å². The molecule has 2 aromatic carbocycles. The summed E-state index contributed by atoms with van der Waals surface area (Å²) in [5.74, 6) is -0.0604. The molecule has 4 rings (SSSR count). The van der Waals surface area contributed by atoms with Gasteiger partial charge in [0.2, 0.25) is 0 Å². The number of thiazole rings is 1. The zero-order valence-corrected chi connectivity index (χ0v) is 19.8. The van der Waals surface area contributed by atoms with E-state index in [-0.39, 0.29) is 18.3 Å². The lowest BCUT2D eigenvalue weighted by molar-refractivity contribution is 0.0986. The topological polar surface area (TPSA) is 62.2 Å². The molecule has 6 nitrogen and oxygen atoms in total. The number of hydrogen-bond donors (Lipinski definition) is 0. The molecule has 0 aliphatic carbocycles. The van der Waals surface area contributed by atoms with Gasteiger partial charge in [-0.15, -0.1) is 12.4 Å². The third kappa shape index (κ3) is 4.84. The maximum absolute atomic E-state index is 13.5. The highest BCUT2D eigenvalue weighted by Gasteiger charge is 2.22. The molecule has 0 saturated heterocycles. The van der Waals surface area contributed by atoms with Crippen molar-refractivity contribution in [1.29, 1.82) is 0 Å². The molecule has 0 spiro atoms. The van der Waals surface area contributed by atoms with Crippen LogP contribution in [-0.2, 0) is 0 Å². The normalized spacial score (nSPS) is 11.1. The smallest absolute Gasteiger partial charge is 0.260 e. The van der Waals surface area contributed by atoms with E-state index in [2.05, 4.69) is 40.8 Å². The average Bonchev–Trinajstić information content (AvgIpc) is 3.17. The molecule has 0 atom stereocenters. The predicted molar refractivity (Wildman–Crippen MR) is 131 cm³/mol. The van der Waals surface area contributed by atoms with Crippen LogP contribution in [0, 0.1) is 13.8 Å². The minimum absolute atomic E-state index is 0. The lowest BCUT2D eigenvalue weighted by atomic mass is 10.1. The number of amides is 1. The summed E-state index contributed by atoms with van der Waals surface area (Å²) in [7, 11) is 4.08. The fourth-order valence-corrected chi connectivity index (χ4v) is 4.46. The molecule has 2 heterocycles. The summed E-state index contributed by atoms with van der Waals surface area (Å²) in [5, 5.41) is 0.738. The van der Waals surface area contributed by atoms with Crippen LogP contribution >= 0.6 is 23.7 Å². The number of rotatable bonds is 6. The van der Waals surface area contributed by atoms with Crippen molar-refractivity contribution < 1.29 is 4.79 Å². The van der Waals surface area contributed by atoms with Gasteiger partial charge in [-0.3, -0.25) is 19.7 Å². The summed E-state index contributed by atoms with van der Waals surface area (Å²) in [5.41, 5.74) is 5.44. The minimum Gasteiger partial charge on any atom is -0.309 e. The lowest BCUT2D eigenvalue weighted by Gasteiger charge is -2.21. The molecule has 4 aromatic rings. The number of aryl methyl sites for hydroxylation is 2. The number of fused-ring (bicyclic) bond motifs is 2. The van der Waals surface area contributed by atoms with Crippen LogP contribution in [0.15, 0.2) is 42.7 Å². The van der Waals surface area contributed by atoms with Crippen LogP contribution in [-0.4, -0.2) is 52.9 Å². The van der Waals surface area contributed by atoms with E-state index in [1.807, 2.05) is 32.3 Å². The average molecular weight is 456 g/mol. The Morgan fingerprint density at radius 3 is 2.48 bits per heavy atom. The minimum atomic E-state index is -0.0604. The van der Waals surface area contributed by atoms with E-state index < -0.39 is 0 Å². The third-order valence-electron chi connectivity index (χ3n) is 5.25. The van der Waals surface area contributed by atoms with E-state index in [9.17, 15) is 4.79 Å². The van der Waals surface area contributed by atoms with Gasteiger partial charge in [-0.25, -0.2) is 4.98 Å². The standard InChI is InChI=1S/C23H25N5OS.ClH/c1-15-6-9-20-21(16(15)2)26-23(30-20)28(13-5-12-27(3)4)22(29)17-7-8-18-19(14-17)25-11-10-24-18;/h6-11,14H,5,12-13H2,1-4H3;1H. The van der Waals surface area contributed by atoms with Gasteiger partial charge in [-0.2, -0.15) is 0 Å². The van der Waals surface area contributed by atoms with Gasteiger partial charge in [0.15, 0.2) is 5.13 Å². The molecule has 0 unspecified atom stereocenters. The van der Waals surface area contributed by atoms with E-state index in [1.165, 1.54) is 5.56 Å². The van der Waals surface area contributed by atoms with Gasteiger partial charge in [-0.1, -0.05) is 17.4 Å². The van der Waals surface area contributed by atoms with Crippen molar-refractivity contribution in [3.8, 4) is 0 Å². The molecule has 8 heteroatoms. The molecule has 2 aromatic heterocycles. The first-order chi connectivity index (χ1) is 14.4. The van der Waals surface area contributed by atoms with E-state index in [0.29, 0.717) is 17.6 Å². The van der Waals surface area contributed by atoms with E-state index in [1.54, 1.807) is 28.6 Å². The number of hydrogen-bond acceptors (Lipinski definition) is 6. The SMILES string of the molecule is Cc1ccc2sc(N(CCCN(C)C)C(=O)c3ccc4nccnc4c3)nc2c1C.Cl. The van der Waals surface area contributed by atoms with Crippen molar-refractivity contribution in [1.82, 2.24) is 19.9 Å². The van der Waals surface area contributed by atoms with Crippen LogP contribution in [0.25, 0.3) is 21.3 Å². The fraction of sp³-hybridized carbons (Fsp3) is 0.304. The Morgan fingerprint density at radius 2 is 1.74 bits per heavy atom. The first kappa shape index (κ1) is 23.1. The second-order valence-corrected chi connectivity index (χ2v) is 8.73. The summed E-state index contributed by atoms with van der Waals surface area (Å²) in [6.45, 7) is 5.68. The summed E-state index contributed by atoms with van der Waals surface area (Å²) in [4.78, 5) is 31.0. The molecule has 0 aliphatic rings. The molecule has 0 aliphatic heterocycles. The van der Waals surface area contributed by atoms with Crippen molar-refractivity contribution in [3.05, 3.63) is 59.4 Å². The highest BCUT2D eigenvalue weighted by molar-refractivity contribution is 7.22. The fourth-order valence-electron chi connectivity index (χ4n) is 3.41. The maximum atomic E-state index is 13.5. The number of halogens is 1. The summed E-state index contributed by atoms with van der Waals surface area (Å²) >= 11 is 1.57. The van der Waals surface area contributed by atoms with Gasteiger partial charge in [0.1, 0.15) is 0 Å². The number of aromatic nitrogens is 3. The molecular weight excluding hydrogens is 430 g/mol. The van der Waals surface area contributed by atoms with Gasteiger partial charge in [0, 0.05) is 24.5 Å². The molecule has 31 heavy (non-hydrogen) atoms. The highest BCUT2D eigenvalue weighted by atomic mass is 35.5. The molecule has 0 radical (unpaired) electrons. The molecule has 1 amide bonds. The largest absolute Gasteiger partial charge is 0.309 e. The first-order valence-corrected chi connectivity index (χ1v) is 10.8. The molecule has 0 fully saturated rings. The van der Waals surface area contributed by atoms with Crippen LogP contribution in [0.5, 0.6) is 0 Å². The number of carbonyl (C=O) groups excluding carboxylic acids is 1. The Balaban J connectivity index is 0.00000272. The third-order valence-corrected chi connectivity index (χ3v) is 6.30. The van der Waals surface area contributed by atoms with E-state index in [4.69, 9.17) is 4.98 Å². The Morgan fingerprint density at radius 1 is 1.00 bits per heavy atom. The number of benzene rings is 2. The monoisotopic (exact) mass is 455 g/mol. The Kier molecular flexibility index (Phi) is 7.20. The maximum Gasteiger partial charge on any atom is 0.260 e. The van der Waals surface area contributed by atoms with Gasteiger partial charge >= 0.3 is 0 Å². The van der Waals surface area contributed by atoms with E-state index in [0.717, 1.165) is 39.4 Å². The van der Waals surface area contributed by atoms with Gasteiger partial charge in [-0.05, 0) is 76.3 Å². The molecule has 0 saturated carbocycles. The Hall–Kier alpha value is -2.61. The van der Waals surface area contributed by atoms with Crippen molar-refractivity contribution in [2.75, 3.05) is 32.1 Å². The van der Waals surface area contributed by atoms with Crippen molar-refractivity contribution in [2.24, 2.45) is 0 Å². The zero-order valence-electron chi connectivity index (χ0n) is 18.1. The number of carbonyl (C=O) groups is 1. The molecule has 0 bridgehead atoms. The predicted octanol–water partition coefficient (Wildman–Crippen LogP) is 4.88. The van der Waals surface area contributed by atoms with Crippen LogP contribution in [0.3, 0.4) is 0 Å². The Labute approximate surface area is 192 Å². The van der Waals surface area contributed by atoms with Gasteiger partial charge in [0.25, 0.3) is 5.91 Å². The summed E-state index contributed by atoms with van der Waals surface area (Å²) in [6.07, 6.45) is 4.16. The number of anilines is 1. The van der Waals surface area contributed by atoms with Gasteiger partial charge in [0.05, 0.1) is 21.3 Å². The Bertz CT molecular complexity index is 1220. The van der Waals surface area contributed by atoms with Gasteiger partial charge < -0.3 is 4.90 Å². The lowest BCUT2D eigenvalue weighted by Crippen LogP contribution is -2.33. The molecule has 162 valence electrons. The van der Waals surface area contributed by atoms with Crippen LogP contribution < -0.4 is 4.90 Å². The summed E-state index contributed by atoms with van der Waals surface area (Å²) < 4.78 is 1.10.